The van der Waals surface area contributed by atoms with Crippen molar-refractivity contribution in [3.63, 3.8) is 0 Å². The Balaban J connectivity index is 1.52. The minimum Gasteiger partial charge on any atom is -0.305 e. The molecule has 0 saturated carbocycles. The third-order valence-electron chi connectivity index (χ3n) is 6.77. The van der Waals surface area contributed by atoms with Crippen molar-refractivity contribution in [1.82, 2.24) is 19.8 Å². The maximum Gasteiger partial charge on any atom is 0.262 e. The summed E-state index contributed by atoms with van der Waals surface area (Å²) in [5.41, 5.74) is 1.28. The third kappa shape index (κ3) is 5.40. The number of Topliss-reactive ketones (excluding diaryl/α,β-unsaturated/α-hetero) is 1. The monoisotopic (exact) mass is 448 g/mol. The number of rotatable bonds is 6. The zero-order valence-electron chi connectivity index (χ0n) is 19.3. The van der Waals surface area contributed by atoms with Gasteiger partial charge in [0.05, 0.1) is 23.0 Å². The predicted molar refractivity (Wildman–Crippen MR) is 128 cm³/mol. The van der Waals surface area contributed by atoms with E-state index in [4.69, 9.17) is 0 Å². The average Bonchev–Trinajstić information content (AvgIpc) is 2.84. The van der Waals surface area contributed by atoms with Crippen LogP contribution in [0.1, 0.15) is 62.4 Å². The number of likely N-dealkylation sites (tertiary alicyclic amines) is 1. The van der Waals surface area contributed by atoms with Crippen LogP contribution in [-0.4, -0.2) is 58.7 Å². The molecule has 7 heteroatoms. The second kappa shape index (κ2) is 10.9. The second-order valence-electron chi connectivity index (χ2n) is 9.05. The number of nitrogens with zero attached hydrogens (tertiary/aromatic N) is 3. The van der Waals surface area contributed by atoms with Gasteiger partial charge in [0.1, 0.15) is 5.82 Å². The van der Waals surface area contributed by atoms with Crippen LogP contribution < -0.4 is 10.9 Å². The molecule has 1 aromatic carbocycles. The number of carbonyl (C=O) groups is 2. The van der Waals surface area contributed by atoms with Crippen molar-refractivity contribution in [2.45, 2.75) is 64.0 Å². The van der Waals surface area contributed by atoms with Crippen molar-refractivity contribution in [2.24, 2.45) is 0 Å². The van der Waals surface area contributed by atoms with E-state index in [-0.39, 0.29) is 11.6 Å². The Morgan fingerprint density at radius 2 is 2.06 bits per heavy atom. The van der Waals surface area contributed by atoms with Crippen molar-refractivity contribution in [1.29, 1.82) is 0 Å². The van der Waals surface area contributed by atoms with E-state index in [0.717, 1.165) is 24.9 Å². The Morgan fingerprint density at radius 1 is 1.24 bits per heavy atom. The summed E-state index contributed by atoms with van der Waals surface area (Å²) in [6.07, 6.45) is 7.30. The standard InChI is InChI=1S/C26H32N4O3/c1-19-28-23-11-8-10-20(9-4-2-5-14-29-15-6-3-7-16-29)25(23)26(33)30(19)21-12-13-22(27-17-21)24(32)18-31/h8,10-11,18,21-22,27H,2-3,5-7,12-17H2,1H3. The molecule has 2 aliphatic rings. The molecule has 0 aliphatic carbocycles. The van der Waals surface area contributed by atoms with Gasteiger partial charge in [-0.25, -0.2) is 4.98 Å². The normalized spacial score (nSPS) is 21.4. The van der Waals surface area contributed by atoms with Gasteiger partial charge in [0.2, 0.25) is 5.78 Å². The van der Waals surface area contributed by atoms with Crippen molar-refractivity contribution < 1.29 is 9.59 Å². The predicted octanol–water partition coefficient (Wildman–Crippen LogP) is 2.38. The number of hydrogen-bond acceptors (Lipinski definition) is 6. The Bertz CT molecular complexity index is 1130. The summed E-state index contributed by atoms with van der Waals surface area (Å²) in [4.78, 5) is 43.2. The van der Waals surface area contributed by atoms with Gasteiger partial charge in [-0.05, 0) is 70.8 Å². The number of nitrogens with one attached hydrogen (secondary N) is 1. The van der Waals surface area contributed by atoms with Crippen molar-refractivity contribution >= 4 is 23.0 Å². The number of hydrogen-bond donors (Lipinski definition) is 1. The molecule has 3 heterocycles. The van der Waals surface area contributed by atoms with Gasteiger partial charge in [-0.2, -0.15) is 0 Å². The van der Waals surface area contributed by atoms with E-state index in [1.807, 2.05) is 25.1 Å². The van der Waals surface area contributed by atoms with Crippen LogP contribution >= 0.6 is 0 Å². The molecular weight excluding hydrogens is 416 g/mol. The van der Waals surface area contributed by atoms with E-state index >= 15 is 0 Å². The van der Waals surface area contributed by atoms with Gasteiger partial charge in [-0.1, -0.05) is 24.3 Å². The number of aromatic nitrogens is 2. The van der Waals surface area contributed by atoms with Gasteiger partial charge >= 0.3 is 0 Å². The fraction of sp³-hybridized carbons (Fsp3) is 0.538. The smallest absolute Gasteiger partial charge is 0.262 e. The third-order valence-corrected chi connectivity index (χ3v) is 6.77. The van der Waals surface area contributed by atoms with Crippen LogP contribution in [0.2, 0.25) is 0 Å². The number of benzene rings is 1. The quantitative estimate of drug-likeness (QED) is 0.316. The highest BCUT2D eigenvalue weighted by molar-refractivity contribution is 6.27. The van der Waals surface area contributed by atoms with E-state index in [1.54, 1.807) is 4.57 Å². The van der Waals surface area contributed by atoms with Gasteiger partial charge in [-0.15, -0.1) is 0 Å². The second-order valence-corrected chi connectivity index (χ2v) is 9.05. The van der Waals surface area contributed by atoms with Crippen LogP contribution in [0.25, 0.3) is 10.9 Å². The molecule has 1 aromatic heterocycles. The lowest BCUT2D eigenvalue weighted by atomic mass is 9.97. The van der Waals surface area contributed by atoms with Crippen LogP contribution in [0.15, 0.2) is 23.0 Å². The zero-order valence-corrected chi connectivity index (χ0v) is 19.3. The minimum atomic E-state index is -0.463. The number of ketones is 1. The number of unbranched alkanes of at least 4 members (excludes halogenated alkanes) is 1. The van der Waals surface area contributed by atoms with Gasteiger partial charge in [-0.3, -0.25) is 19.0 Å². The molecule has 2 saturated heterocycles. The summed E-state index contributed by atoms with van der Waals surface area (Å²) in [6, 6.07) is 5.06. The summed E-state index contributed by atoms with van der Waals surface area (Å²) in [7, 11) is 0. The molecule has 33 heavy (non-hydrogen) atoms. The van der Waals surface area contributed by atoms with E-state index < -0.39 is 11.8 Å². The highest BCUT2D eigenvalue weighted by Gasteiger charge is 2.28. The first-order valence-electron chi connectivity index (χ1n) is 12.0. The summed E-state index contributed by atoms with van der Waals surface area (Å²) in [5.74, 6) is 6.69. The molecule has 1 N–H and O–H groups in total. The van der Waals surface area contributed by atoms with E-state index in [0.29, 0.717) is 42.4 Å². The van der Waals surface area contributed by atoms with E-state index in [1.165, 1.54) is 32.4 Å². The summed E-state index contributed by atoms with van der Waals surface area (Å²) in [6.45, 7) is 5.76. The van der Waals surface area contributed by atoms with E-state index in [2.05, 4.69) is 27.0 Å². The molecule has 2 aliphatic heterocycles. The summed E-state index contributed by atoms with van der Waals surface area (Å²) < 4.78 is 1.72. The molecule has 0 amide bonds. The molecule has 2 atom stereocenters. The Kier molecular flexibility index (Phi) is 7.69. The molecule has 0 spiro atoms. The molecular formula is C26H32N4O3. The lowest BCUT2D eigenvalue weighted by Crippen LogP contribution is -2.47. The lowest BCUT2D eigenvalue weighted by molar-refractivity contribution is -0.131. The van der Waals surface area contributed by atoms with Crippen LogP contribution in [0.4, 0.5) is 0 Å². The fourth-order valence-electron chi connectivity index (χ4n) is 5.01. The molecule has 0 bridgehead atoms. The summed E-state index contributed by atoms with van der Waals surface area (Å²) in [5, 5.41) is 3.66. The van der Waals surface area contributed by atoms with Gasteiger partial charge in [0.15, 0.2) is 6.29 Å². The van der Waals surface area contributed by atoms with Crippen molar-refractivity contribution in [3.8, 4) is 11.8 Å². The van der Waals surface area contributed by atoms with Crippen LogP contribution in [0, 0.1) is 18.8 Å². The minimum absolute atomic E-state index is 0.0947. The number of piperidine rings is 2. The largest absolute Gasteiger partial charge is 0.305 e. The average molecular weight is 449 g/mol. The number of fused-ring (bicyclic) bond motifs is 1. The number of carbonyl (C=O) groups excluding carboxylic acids is 2. The van der Waals surface area contributed by atoms with E-state index in [9.17, 15) is 14.4 Å². The maximum atomic E-state index is 13.5. The fourth-order valence-corrected chi connectivity index (χ4v) is 5.01. The van der Waals surface area contributed by atoms with Gasteiger partial charge in [0, 0.05) is 18.5 Å². The zero-order chi connectivity index (χ0) is 23.2. The number of aldehydes is 1. The Morgan fingerprint density at radius 3 is 2.79 bits per heavy atom. The highest BCUT2D eigenvalue weighted by atomic mass is 16.2. The topological polar surface area (TPSA) is 84.3 Å². The molecule has 0 radical (unpaired) electrons. The molecule has 2 fully saturated rings. The van der Waals surface area contributed by atoms with Crippen molar-refractivity contribution in [3.05, 3.63) is 39.9 Å². The maximum absolute atomic E-state index is 13.5. The summed E-state index contributed by atoms with van der Waals surface area (Å²) >= 11 is 0. The Labute approximate surface area is 194 Å². The Hall–Kier alpha value is -2.82. The van der Waals surface area contributed by atoms with Crippen LogP contribution in [0.3, 0.4) is 0 Å². The first-order valence-corrected chi connectivity index (χ1v) is 12.0. The molecule has 4 rings (SSSR count). The lowest BCUT2D eigenvalue weighted by Gasteiger charge is -2.30. The molecule has 2 unspecified atom stereocenters. The highest BCUT2D eigenvalue weighted by Crippen LogP contribution is 2.22. The molecule has 174 valence electrons. The SMILES string of the molecule is Cc1nc2cccc(C#CCCCN3CCCCC3)c2c(=O)n1C1CCC(C(=O)C=O)NC1. The molecule has 2 aromatic rings. The number of aryl methyl sites for hydroxylation is 1. The van der Waals surface area contributed by atoms with Crippen LogP contribution in [0.5, 0.6) is 0 Å². The molecule has 7 nitrogen and oxygen atoms in total. The van der Waals surface area contributed by atoms with Gasteiger partial charge in [0.25, 0.3) is 5.56 Å². The first kappa shape index (κ1) is 23.3. The van der Waals surface area contributed by atoms with Crippen LogP contribution in [-0.2, 0) is 9.59 Å². The van der Waals surface area contributed by atoms with Gasteiger partial charge < -0.3 is 10.2 Å². The first-order chi connectivity index (χ1) is 16.1. The van der Waals surface area contributed by atoms with Crippen molar-refractivity contribution in [2.75, 3.05) is 26.2 Å².